The van der Waals surface area contributed by atoms with Crippen LogP contribution < -0.4 is 0 Å². The highest BCUT2D eigenvalue weighted by Gasteiger charge is 2.55. The van der Waals surface area contributed by atoms with E-state index < -0.39 is 78.4 Å². The zero-order valence-corrected chi connectivity index (χ0v) is 14.9. The molecule has 13 nitrogen and oxygen atoms in total. The molecule has 0 amide bonds. The van der Waals surface area contributed by atoms with E-state index in [1.54, 1.807) is 0 Å². The topological polar surface area (TPSA) is 191 Å². The van der Waals surface area contributed by atoms with Gasteiger partial charge in [-0.2, -0.15) is 8.42 Å². The van der Waals surface area contributed by atoms with E-state index in [4.69, 9.17) is 28.2 Å². The van der Waals surface area contributed by atoms with Crippen molar-refractivity contribution in [1.29, 1.82) is 0 Å². The Morgan fingerprint density at radius 2 is 1.74 bits per heavy atom. The lowest BCUT2D eigenvalue weighted by atomic mass is 9.98. The van der Waals surface area contributed by atoms with Crippen molar-refractivity contribution in [2.75, 3.05) is 20.3 Å². The average molecular weight is 418 g/mol. The summed E-state index contributed by atoms with van der Waals surface area (Å²) in [5, 5.41) is 39.9. The van der Waals surface area contributed by atoms with Gasteiger partial charge < -0.3 is 44.1 Å². The lowest BCUT2D eigenvalue weighted by molar-refractivity contribution is -0.336. The van der Waals surface area contributed by atoms with Crippen molar-refractivity contribution in [3.05, 3.63) is 0 Å². The van der Waals surface area contributed by atoms with Gasteiger partial charge >= 0.3 is 10.4 Å². The molecule has 5 N–H and O–H groups in total. The van der Waals surface area contributed by atoms with E-state index in [1.165, 1.54) is 7.11 Å². The number of methoxy groups -OCH3 is 1. The molecular weight excluding hydrogens is 396 g/mol. The van der Waals surface area contributed by atoms with E-state index in [-0.39, 0.29) is 6.61 Å². The summed E-state index contributed by atoms with van der Waals surface area (Å²) >= 11 is 0. The maximum atomic E-state index is 10.9. The summed E-state index contributed by atoms with van der Waals surface area (Å²) in [6, 6.07) is 0. The number of aliphatic hydroxyl groups excluding tert-OH is 4. The van der Waals surface area contributed by atoms with Crippen molar-refractivity contribution in [3.63, 3.8) is 0 Å². The Balaban J connectivity index is 1.71. The van der Waals surface area contributed by atoms with E-state index in [2.05, 4.69) is 4.18 Å². The van der Waals surface area contributed by atoms with Gasteiger partial charge in [-0.1, -0.05) is 0 Å². The van der Waals surface area contributed by atoms with Crippen molar-refractivity contribution < 1.29 is 61.3 Å². The lowest BCUT2D eigenvalue weighted by Gasteiger charge is -2.44. The fourth-order valence-electron chi connectivity index (χ4n) is 3.36. The molecule has 3 aliphatic heterocycles. The van der Waals surface area contributed by atoms with Crippen molar-refractivity contribution in [1.82, 2.24) is 0 Å². The van der Waals surface area contributed by atoms with Crippen LogP contribution in [0.4, 0.5) is 0 Å². The maximum absolute atomic E-state index is 10.9. The van der Waals surface area contributed by atoms with Gasteiger partial charge in [-0.3, -0.25) is 4.55 Å². The standard InChI is InChI=1S/C13H22O13S/c1-21-12-8(17)11-10(5(24-12)3-22-11)25-13-7(16)6(15)9(4(2-14)23-13)26-27(18,19)20/h4-17H,2-3H2,1H3,(H,18,19,20). The molecule has 3 aliphatic rings. The van der Waals surface area contributed by atoms with Crippen molar-refractivity contribution in [3.8, 4) is 0 Å². The fourth-order valence-corrected chi connectivity index (χ4v) is 3.88. The van der Waals surface area contributed by atoms with E-state index in [1.807, 2.05) is 0 Å². The summed E-state index contributed by atoms with van der Waals surface area (Å²) in [6.07, 6.45) is -12.9. The van der Waals surface area contributed by atoms with Crippen LogP contribution in [0.15, 0.2) is 0 Å². The van der Waals surface area contributed by atoms with Gasteiger partial charge in [-0.25, -0.2) is 4.18 Å². The van der Waals surface area contributed by atoms with E-state index in [9.17, 15) is 28.8 Å². The molecule has 27 heavy (non-hydrogen) atoms. The predicted octanol–water partition coefficient (Wildman–Crippen LogP) is -3.87. The smallest absolute Gasteiger partial charge is 0.394 e. The molecule has 0 aromatic rings. The normalized spacial score (nSPS) is 47.9. The highest BCUT2D eigenvalue weighted by molar-refractivity contribution is 7.80. The minimum Gasteiger partial charge on any atom is -0.394 e. The number of hydrogen-bond acceptors (Lipinski definition) is 12. The Kier molecular flexibility index (Phi) is 6.36. The van der Waals surface area contributed by atoms with Crippen molar-refractivity contribution in [2.45, 2.75) is 61.4 Å². The van der Waals surface area contributed by atoms with Crippen LogP contribution in [0.25, 0.3) is 0 Å². The van der Waals surface area contributed by atoms with Crippen molar-refractivity contribution >= 4 is 10.4 Å². The second-order valence-corrected chi connectivity index (χ2v) is 7.41. The maximum Gasteiger partial charge on any atom is 0.397 e. The molecule has 14 heteroatoms. The average Bonchev–Trinajstić information content (AvgIpc) is 2.91. The first-order valence-corrected chi connectivity index (χ1v) is 9.44. The Morgan fingerprint density at radius 3 is 2.33 bits per heavy atom. The zero-order valence-electron chi connectivity index (χ0n) is 14.1. The summed E-state index contributed by atoms with van der Waals surface area (Å²) in [5.74, 6) is 0. The van der Waals surface area contributed by atoms with Crippen LogP contribution in [0, 0.1) is 0 Å². The monoisotopic (exact) mass is 418 g/mol. The molecule has 0 spiro atoms. The van der Waals surface area contributed by atoms with E-state index >= 15 is 0 Å². The van der Waals surface area contributed by atoms with Gasteiger partial charge in [0.15, 0.2) is 12.6 Å². The predicted molar refractivity (Wildman–Crippen MR) is 80.5 cm³/mol. The molecule has 3 fully saturated rings. The molecule has 10 unspecified atom stereocenters. The number of rotatable bonds is 6. The lowest BCUT2D eigenvalue weighted by Crippen LogP contribution is -2.63. The first kappa shape index (κ1) is 21.2. The number of ether oxygens (including phenoxy) is 5. The third kappa shape index (κ3) is 4.26. The molecule has 2 bridgehead atoms. The summed E-state index contributed by atoms with van der Waals surface area (Å²) in [7, 11) is -3.63. The van der Waals surface area contributed by atoms with E-state index in [0.717, 1.165) is 0 Å². The molecule has 0 saturated carbocycles. The molecule has 3 heterocycles. The summed E-state index contributed by atoms with van der Waals surface area (Å²) < 4.78 is 61.6. The van der Waals surface area contributed by atoms with Crippen LogP contribution in [0.3, 0.4) is 0 Å². The number of hydrogen-bond donors (Lipinski definition) is 5. The Labute approximate surface area is 154 Å². The van der Waals surface area contributed by atoms with Gasteiger partial charge in [0.25, 0.3) is 0 Å². The molecule has 0 aromatic carbocycles. The van der Waals surface area contributed by atoms with Crippen LogP contribution in [0.2, 0.25) is 0 Å². The minimum absolute atomic E-state index is 0.0789. The molecule has 0 radical (unpaired) electrons. The molecule has 3 saturated heterocycles. The third-order valence-corrected chi connectivity index (χ3v) is 5.11. The molecule has 3 rings (SSSR count). The van der Waals surface area contributed by atoms with Gasteiger partial charge in [-0.05, 0) is 0 Å². The largest absolute Gasteiger partial charge is 0.397 e. The number of aliphatic hydroxyl groups is 4. The molecule has 158 valence electrons. The molecular formula is C13H22O13S. The van der Waals surface area contributed by atoms with Crippen LogP contribution >= 0.6 is 0 Å². The Bertz CT molecular complexity index is 611. The second-order valence-electron chi connectivity index (χ2n) is 6.36. The third-order valence-electron chi connectivity index (χ3n) is 4.64. The highest BCUT2D eigenvalue weighted by Crippen LogP contribution is 2.35. The molecule has 10 atom stereocenters. The molecule has 0 aromatic heterocycles. The van der Waals surface area contributed by atoms with Crippen LogP contribution in [0.5, 0.6) is 0 Å². The van der Waals surface area contributed by atoms with E-state index in [0.29, 0.717) is 0 Å². The summed E-state index contributed by atoms with van der Waals surface area (Å²) in [6.45, 7) is -0.724. The SMILES string of the molecule is COC1OC2COC(C1O)C2OC1OC(CO)C(OS(=O)(=O)O)C(O)C1O. The molecule has 0 aliphatic carbocycles. The minimum atomic E-state index is -4.98. The van der Waals surface area contributed by atoms with Crippen molar-refractivity contribution in [2.24, 2.45) is 0 Å². The quantitative estimate of drug-likeness (QED) is 0.264. The van der Waals surface area contributed by atoms with Crippen LogP contribution in [0.1, 0.15) is 0 Å². The first-order valence-electron chi connectivity index (χ1n) is 8.07. The van der Waals surface area contributed by atoms with Crippen LogP contribution in [-0.4, -0.2) is 115 Å². The first-order chi connectivity index (χ1) is 12.7. The highest BCUT2D eigenvalue weighted by atomic mass is 32.3. The fraction of sp³-hybridized carbons (Fsp3) is 1.00. The Hall–Kier alpha value is -0.490. The van der Waals surface area contributed by atoms with Gasteiger partial charge in [0, 0.05) is 7.11 Å². The summed E-state index contributed by atoms with van der Waals surface area (Å²) in [5.41, 5.74) is 0. The van der Waals surface area contributed by atoms with Crippen LogP contribution in [-0.2, 0) is 38.3 Å². The van der Waals surface area contributed by atoms with Gasteiger partial charge in [0.05, 0.1) is 13.2 Å². The van der Waals surface area contributed by atoms with Gasteiger partial charge in [-0.15, -0.1) is 0 Å². The zero-order chi connectivity index (χ0) is 19.9. The van der Waals surface area contributed by atoms with Gasteiger partial charge in [0.2, 0.25) is 0 Å². The number of fused-ring (bicyclic) bond motifs is 2. The summed E-state index contributed by atoms with van der Waals surface area (Å²) in [4.78, 5) is 0. The second kappa shape index (κ2) is 8.10. The van der Waals surface area contributed by atoms with Gasteiger partial charge in [0.1, 0.15) is 48.8 Å². The Morgan fingerprint density at radius 1 is 1.04 bits per heavy atom.